The van der Waals surface area contributed by atoms with E-state index in [0.717, 1.165) is 38.6 Å². The molecule has 160 valence electrons. The predicted octanol–water partition coefficient (Wildman–Crippen LogP) is 2.01. The van der Waals surface area contributed by atoms with Gasteiger partial charge in [-0.1, -0.05) is 13.8 Å². The first-order chi connectivity index (χ1) is 13.9. The second kappa shape index (κ2) is 9.48. The molecule has 29 heavy (non-hydrogen) atoms. The molecule has 2 amide bonds. The van der Waals surface area contributed by atoms with Gasteiger partial charge in [0.2, 0.25) is 5.91 Å². The fourth-order valence-electron chi connectivity index (χ4n) is 3.69. The van der Waals surface area contributed by atoms with Crippen LogP contribution in [0.5, 0.6) is 11.5 Å². The van der Waals surface area contributed by atoms with Crippen LogP contribution >= 0.6 is 0 Å². The number of carbonyl (C=O) groups excluding carboxylic acids is 2. The summed E-state index contributed by atoms with van der Waals surface area (Å²) in [5.41, 5.74) is 0.411. The Morgan fingerprint density at radius 2 is 1.62 bits per heavy atom. The van der Waals surface area contributed by atoms with Gasteiger partial charge >= 0.3 is 0 Å². The van der Waals surface area contributed by atoms with Crippen LogP contribution in [0.4, 0.5) is 0 Å². The summed E-state index contributed by atoms with van der Waals surface area (Å²) in [5, 5.41) is 2.93. The van der Waals surface area contributed by atoms with Gasteiger partial charge < -0.3 is 19.7 Å². The van der Waals surface area contributed by atoms with Crippen LogP contribution in [0.2, 0.25) is 0 Å². The number of carbonyl (C=O) groups is 2. The number of piperazine rings is 1. The first-order valence-corrected chi connectivity index (χ1v) is 10.5. The van der Waals surface area contributed by atoms with Gasteiger partial charge in [-0.3, -0.25) is 14.5 Å². The molecule has 0 bridgehead atoms. The standard InChI is InChI=1S/C22H33N3O4/c1-15(2)20(22(27)25-9-7-24(8-10-25)14-16-5-6-16)23-21(26)17-11-18(28-3)13-19(12-17)29-4/h11-13,15-16,20H,5-10,14H2,1-4H3,(H,23,26). The Kier molecular flexibility index (Phi) is 7.00. The van der Waals surface area contributed by atoms with Crippen molar-refractivity contribution in [1.29, 1.82) is 0 Å². The molecule has 1 aromatic rings. The number of benzene rings is 1. The maximum absolute atomic E-state index is 13.1. The van der Waals surface area contributed by atoms with E-state index in [0.29, 0.717) is 17.1 Å². The molecule has 0 radical (unpaired) electrons. The summed E-state index contributed by atoms with van der Waals surface area (Å²) in [6, 6.07) is 4.45. The zero-order chi connectivity index (χ0) is 21.0. The van der Waals surface area contributed by atoms with E-state index >= 15 is 0 Å². The average molecular weight is 404 g/mol. The van der Waals surface area contributed by atoms with Gasteiger partial charge in [0.05, 0.1) is 14.2 Å². The molecular formula is C22H33N3O4. The van der Waals surface area contributed by atoms with Gasteiger partial charge in [0, 0.05) is 44.4 Å². The van der Waals surface area contributed by atoms with E-state index in [2.05, 4.69) is 10.2 Å². The molecular weight excluding hydrogens is 370 g/mol. The maximum Gasteiger partial charge on any atom is 0.252 e. The maximum atomic E-state index is 13.1. The lowest BCUT2D eigenvalue weighted by Gasteiger charge is -2.37. The van der Waals surface area contributed by atoms with Crippen LogP contribution in [0, 0.1) is 11.8 Å². The van der Waals surface area contributed by atoms with Crippen LogP contribution < -0.4 is 14.8 Å². The highest BCUT2D eigenvalue weighted by atomic mass is 16.5. The lowest BCUT2D eigenvalue weighted by molar-refractivity contribution is -0.136. The summed E-state index contributed by atoms with van der Waals surface area (Å²) in [4.78, 5) is 30.3. The van der Waals surface area contributed by atoms with Crippen molar-refractivity contribution in [2.24, 2.45) is 11.8 Å². The van der Waals surface area contributed by atoms with Crippen molar-refractivity contribution in [3.05, 3.63) is 23.8 Å². The smallest absolute Gasteiger partial charge is 0.252 e. The van der Waals surface area contributed by atoms with Crippen molar-refractivity contribution in [2.45, 2.75) is 32.7 Å². The molecule has 7 nitrogen and oxygen atoms in total. The quantitative estimate of drug-likeness (QED) is 0.719. The van der Waals surface area contributed by atoms with Gasteiger partial charge in [-0.2, -0.15) is 0 Å². The highest BCUT2D eigenvalue weighted by Crippen LogP contribution is 2.30. The molecule has 2 fully saturated rings. The summed E-state index contributed by atoms with van der Waals surface area (Å²) in [7, 11) is 3.08. The lowest BCUT2D eigenvalue weighted by atomic mass is 10.0. The lowest BCUT2D eigenvalue weighted by Crippen LogP contribution is -2.56. The van der Waals surface area contributed by atoms with E-state index in [1.54, 1.807) is 32.4 Å². The molecule has 1 heterocycles. The summed E-state index contributed by atoms with van der Waals surface area (Å²) < 4.78 is 10.5. The fraction of sp³-hybridized carbons (Fsp3) is 0.636. The topological polar surface area (TPSA) is 71.1 Å². The average Bonchev–Trinajstić information content (AvgIpc) is 3.55. The van der Waals surface area contributed by atoms with E-state index in [9.17, 15) is 9.59 Å². The minimum Gasteiger partial charge on any atom is -0.497 e. The summed E-state index contributed by atoms with van der Waals surface area (Å²) in [6.45, 7) is 8.33. The molecule has 1 atom stereocenters. The van der Waals surface area contributed by atoms with Crippen LogP contribution in [0.1, 0.15) is 37.0 Å². The van der Waals surface area contributed by atoms with Gasteiger partial charge in [-0.05, 0) is 36.8 Å². The number of methoxy groups -OCH3 is 2. The summed E-state index contributed by atoms with van der Waals surface area (Å²) >= 11 is 0. The Morgan fingerprint density at radius 1 is 1.03 bits per heavy atom. The number of rotatable bonds is 8. The van der Waals surface area contributed by atoms with Gasteiger partial charge in [-0.15, -0.1) is 0 Å². The molecule has 2 aliphatic rings. The van der Waals surface area contributed by atoms with Crippen LogP contribution in [0.25, 0.3) is 0 Å². The van der Waals surface area contributed by atoms with Crippen LogP contribution in [-0.2, 0) is 4.79 Å². The van der Waals surface area contributed by atoms with E-state index in [1.807, 2.05) is 18.7 Å². The Labute approximate surface area is 173 Å². The van der Waals surface area contributed by atoms with Crippen molar-refractivity contribution in [3.8, 4) is 11.5 Å². The summed E-state index contributed by atoms with van der Waals surface area (Å²) in [5.74, 6) is 1.61. The highest BCUT2D eigenvalue weighted by molar-refractivity contribution is 5.98. The van der Waals surface area contributed by atoms with Crippen molar-refractivity contribution in [2.75, 3.05) is 46.9 Å². The van der Waals surface area contributed by atoms with Crippen molar-refractivity contribution in [3.63, 3.8) is 0 Å². The molecule has 1 saturated carbocycles. The van der Waals surface area contributed by atoms with E-state index in [4.69, 9.17) is 9.47 Å². The molecule has 0 aromatic heterocycles. The van der Waals surface area contributed by atoms with E-state index in [1.165, 1.54) is 12.8 Å². The number of ether oxygens (including phenoxy) is 2. The molecule has 0 spiro atoms. The van der Waals surface area contributed by atoms with E-state index < -0.39 is 6.04 Å². The van der Waals surface area contributed by atoms with Crippen molar-refractivity contribution in [1.82, 2.24) is 15.1 Å². The van der Waals surface area contributed by atoms with Crippen LogP contribution in [-0.4, -0.2) is 74.6 Å². The van der Waals surface area contributed by atoms with Gasteiger partial charge in [0.1, 0.15) is 17.5 Å². The third kappa shape index (κ3) is 5.63. The van der Waals surface area contributed by atoms with Crippen molar-refractivity contribution >= 4 is 11.8 Å². The van der Waals surface area contributed by atoms with Crippen molar-refractivity contribution < 1.29 is 19.1 Å². The number of hydrogen-bond donors (Lipinski definition) is 1. The molecule has 1 saturated heterocycles. The molecule has 1 aliphatic heterocycles. The summed E-state index contributed by atoms with van der Waals surface area (Å²) in [6.07, 6.45) is 2.69. The molecule has 1 aromatic carbocycles. The van der Waals surface area contributed by atoms with Gasteiger partial charge in [0.25, 0.3) is 5.91 Å². The van der Waals surface area contributed by atoms with E-state index in [-0.39, 0.29) is 17.7 Å². The number of hydrogen-bond acceptors (Lipinski definition) is 5. The second-order valence-electron chi connectivity index (χ2n) is 8.37. The third-order valence-electron chi connectivity index (χ3n) is 5.73. The molecule has 1 unspecified atom stereocenters. The monoisotopic (exact) mass is 403 g/mol. The fourth-order valence-corrected chi connectivity index (χ4v) is 3.69. The minimum absolute atomic E-state index is 0.00529. The molecule has 1 N–H and O–H groups in total. The minimum atomic E-state index is -0.560. The van der Waals surface area contributed by atoms with Crippen LogP contribution in [0.15, 0.2) is 18.2 Å². The zero-order valence-corrected chi connectivity index (χ0v) is 17.9. The third-order valence-corrected chi connectivity index (χ3v) is 5.73. The first-order valence-electron chi connectivity index (χ1n) is 10.5. The number of nitrogens with zero attached hydrogens (tertiary/aromatic N) is 2. The van der Waals surface area contributed by atoms with Crippen LogP contribution in [0.3, 0.4) is 0 Å². The first kappa shape index (κ1) is 21.4. The Hall–Kier alpha value is -2.28. The largest absolute Gasteiger partial charge is 0.497 e. The molecule has 7 heteroatoms. The number of nitrogens with one attached hydrogen (secondary N) is 1. The highest BCUT2D eigenvalue weighted by Gasteiger charge is 2.32. The second-order valence-corrected chi connectivity index (χ2v) is 8.37. The Balaban J connectivity index is 1.63. The Morgan fingerprint density at radius 3 is 2.10 bits per heavy atom. The number of amides is 2. The SMILES string of the molecule is COc1cc(OC)cc(C(=O)NC(C(=O)N2CCN(CC3CC3)CC2)C(C)C)c1. The molecule has 1 aliphatic carbocycles. The Bertz CT molecular complexity index is 703. The molecule has 3 rings (SSSR count). The van der Waals surface area contributed by atoms with Gasteiger partial charge in [0.15, 0.2) is 0 Å². The predicted molar refractivity (Wildman–Crippen MR) is 111 cm³/mol. The van der Waals surface area contributed by atoms with Gasteiger partial charge in [-0.25, -0.2) is 0 Å². The zero-order valence-electron chi connectivity index (χ0n) is 17.9. The normalized spacial score (nSPS) is 18.4.